The number of aromatic nitrogens is 2. The zero-order valence-electron chi connectivity index (χ0n) is 12.0. The van der Waals surface area contributed by atoms with Gasteiger partial charge in [-0.25, -0.2) is 17.9 Å². The quantitative estimate of drug-likeness (QED) is 0.777. The number of nitrogens with one attached hydrogen (secondary N) is 1. The monoisotopic (exact) mass is 315 g/mol. The molecule has 0 saturated heterocycles. The van der Waals surface area contributed by atoms with Gasteiger partial charge in [-0.3, -0.25) is 0 Å². The maximum absolute atomic E-state index is 14.1. The molecule has 0 unspecified atom stereocenters. The van der Waals surface area contributed by atoms with Gasteiger partial charge in [-0.2, -0.15) is 5.10 Å². The van der Waals surface area contributed by atoms with Gasteiger partial charge in [-0.15, -0.1) is 0 Å². The Morgan fingerprint density at radius 1 is 0.957 bits per heavy atom. The second-order valence-corrected chi connectivity index (χ2v) is 5.36. The highest BCUT2D eigenvalue weighted by Gasteiger charge is 2.25. The zero-order valence-corrected chi connectivity index (χ0v) is 12.0. The molecule has 3 nitrogen and oxygen atoms in total. The Morgan fingerprint density at radius 3 is 2.43 bits per heavy atom. The number of halogens is 3. The van der Waals surface area contributed by atoms with Crippen molar-refractivity contribution in [2.45, 2.75) is 6.42 Å². The van der Waals surface area contributed by atoms with Crippen LogP contribution in [0.4, 0.5) is 19.0 Å². The topological polar surface area (TPSA) is 29.9 Å². The van der Waals surface area contributed by atoms with Crippen molar-refractivity contribution in [3.63, 3.8) is 0 Å². The van der Waals surface area contributed by atoms with E-state index in [1.165, 1.54) is 24.3 Å². The van der Waals surface area contributed by atoms with E-state index in [1.807, 2.05) is 0 Å². The summed E-state index contributed by atoms with van der Waals surface area (Å²) < 4.78 is 42.0. The third-order valence-corrected chi connectivity index (χ3v) is 3.91. The highest BCUT2D eigenvalue weighted by atomic mass is 19.1. The molecule has 116 valence electrons. The summed E-state index contributed by atoms with van der Waals surface area (Å²) in [5.41, 5.74) is 2.28. The molecule has 2 heterocycles. The lowest BCUT2D eigenvalue weighted by molar-refractivity contribution is 0.585. The molecule has 0 radical (unpaired) electrons. The van der Waals surface area contributed by atoms with E-state index < -0.39 is 11.6 Å². The number of benzene rings is 2. The average Bonchev–Trinajstić information content (AvgIpc) is 3.11. The first-order valence-electron chi connectivity index (χ1n) is 7.20. The number of hydrogen-bond donors (Lipinski definition) is 1. The summed E-state index contributed by atoms with van der Waals surface area (Å²) in [4.78, 5) is 0. The third-order valence-electron chi connectivity index (χ3n) is 3.91. The van der Waals surface area contributed by atoms with Crippen molar-refractivity contribution in [2.24, 2.45) is 0 Å². The molecular formula is C17H12F3N3. The van der Waals surface area contributed by atoms with Crippen molar-refractivity contribution in [2.75, 3.05) is 11.9 Å². The Kier molecular flexibility index (Phi) is 3.11. The van der Waals surface area contributed by atoms with Gasteiger partial charge >= 0.3 is 0 Å². The molecule has 0 bridgehead atoms. The SMILES string of the molecule is Fc1ccc(-n2nc(-c3ccc(F)cc3F)c3c2NCC3)cc1. The van der Waals surface area contributed by atoms with Gasteiger partial charge in [0.15, 0.2) is 0 Å². The Morgan fingerprint density at radius 2 is 1.70 bits per heavy atom. The van der Waals surface area contributed by atoms with E-state index in [4.69, 9.17) is 0 Å². The Hall–Kier alpha value is -2.76. The molecule has 0 atom stereocenters. The normalized spacial score (nSPS) is 13.0. The number of hydrogen-bond acceptors (Lipinski definition) is 2. The fourth-order valence-electron chi connectivity index (χ4n) is 2.84. The van der Waals surface area contributed by atoms with Gasteiger partial charge in [0.05, 0.1) is 5.69 Å². The minimum Gasteiger partial charge on any atom is -0.369 e. The van der Waals surface area contributed by atoms with Crippen LogP contribution in [0.2, 0.25) is 0 Å². The molecule has 1 N–H and O–H groups in total. The van der Waals surface area contributed by atoms with Crippen LogP contribution in [0.15, 0.2) is 42.5 Å². The van der Waals surface area contributed by atoms with Crippen molar-refractivity contribution in [3.8, 4) is 16.9 Å². The molecule has 0 spiro atoms. The molecule has 0 fully saturated rings. The third kappa shape index (κ3) is 2.27. The zero-order chi connectivity index (χ0) is 16.0. The molecule has 0 saturated carbocycles. The predicted molar refractivity (Wildman–Crippen MR) is 81.1 cm³/mol. The standard InChI is InChI=1S/C17H12F3N3/c18-10-1-4-12(5-2-10)23-17-14(7-8-21-17)16(22-23)13-6-3-11(19)9-15(13)20/h1-6,9,21H,7-8H2. The van der Waals surface area contributed by atoms with E-state index in [1.54, 1.807) is 16.8 Å². The smallest absolute Gasteiger partial charge is 0.135 e. The second kappa shape index (κ2) is 5.15. The van der Waals surface area contributed by atoms with E-state index >= 15 is 0 Å². The van der Waals surface area contributed by atoms with Crippen LogP contribution in [0.3, 0.4) is 0 Å². The van der Waals surface area contributed by atoms with Gasteiger partial charge in [0.2, 0.25) is 0 Å². The second-order valence-electron chi connectivity index (χ2n) is 5.36. The van der Waals surface area contributed by atoms with E-state index in [-0.39, 0.29) is 11.4 Å². The van der Waals surface area contributed by atoms with Crippen LogP contribution in [-0.2, 0) is 6.42 Å². The lowest BCUT2D eigenvalue weighted by Gasteiger charge is -2.06. The van der Waals surface area contributed by atoms with E-state index in [9.17, 15) is 13.2 Å². The summed E-state index contributed by atoms with van der Waals surface area (Å²) in [5, 5.41) is 7.67. The maximum Gasteiger partial charge on any atom is 0.135 e. The Labute approximate surface area is 130 Å². The van der Waals surface area contributed by atoms with Crippen molar-refractivity contribution in [1.29, 1.82) is 0 Å². The molecule has 1 aliphatic heterocycles. The minimum absolute atomic E-state index is 0.257. The summed E-state index contributed by atoms with van der Waals surface area (Å²) in [6.07, 6.45) is 0.697. The number of fused-ring (bicyclic) bond motifs is 1. The fourth-order valence-corrected chi connectivity index (χ4v) is 2.84. The summed E-state index contributed by atoms with van der Waals surface area (Å²) in [6.45, 7) is 0.712. The molecule has 4 rings (SSSR count). The maximum atomic E-state index is 14.1. The summed E-state index contributed by atoms with van der Waals surface area (Å²) in [5.74, 6) is -0.854. The van der Waals surface area contributed by atoms with Gasteiger partial charge in [-0.1, -0.05) is 0 Å². The summed E-state index contributed by atoms with van der Waals surface area (Å²) in [6, 6.07) is 9.35. The number of nitrogens with zero attached hydrogens (tertiary/aromatic N) is 2. The summed E-state index contributed by atoms with van der Waals surface area (Å²) >= 11 is 0. The van der Waals surface area contributed by atoms with Crippen molar-refractivity contribution >= 4 is 5.82 Å². The van der Waals surface area contributed by atoms with Crippen molar-refractivity contribution < 1.29 is 13.2 Å². The van der Waals surface area contributed by atoms with E-state index in [2.05, 4.69) is 10.4 Å². The van der Waals surface area contributed by atoms with Gasteiger partial charge in [0.25, 0.3) is 0 Å². The Balaban J connectivity index is 1.89. The van der Waals surface area contributed by atoms with Crippen molar-refractivity contribution in [3.05, 3.63) is 65.5 Å². The molecule has 1 aromatic heterocycles. The Bertz CT molecular complexity index is 885. The van der Waals surface area contributed by atoms with E-state index in [0.29, 0.717) is 24.3 Å². The molecule has 2 aromatic carbocycles. The van der Waals surface area contributed by atoms with Crippen LogP contribution in [0.1, 0.15) is 5.56 Å². The van der Waals surface area contributed by atoms with Crippen LogP contribution in [0.5, 0.6) is 0 Å². The van der Waals surface area contributed by atoms with Crippen LogP contribution < -0.4 is 5.32 Å². The predicted octanol–water partition coefficient (Wildman–Crippen LogP) is 3.92. The van der Waals surface area contributed by atoms with Crippen LogP contribution in [0.25, 0.3) is 16.9 Å². The number of anilines is 1. The first-order chi connectivity index (χ1) is 11.1. The molecule has 3 aromatic rings. The lowest BCUT2D eigenvalue weighted by atomic mass is 10.1. The molecule has 1 aliphatic rings. The first kappa shape index (κ1) is 13.9. The highest BCUT2D eigenvalue weighted by molar-refractivity contribution is 5.73. The van der Waals surface area contributed by atoms with E-state index in [0.717, 1.165) is 17.4 Å². The lowest BCUT2D eigenvalue weighted by Crippen LogP contribution is -2.04. The fraction of sp³-hybridized carbons (Fsp3) is 0.118. The van der Waals surface area contributed by atoms with Gasteiger partial charge in [0.1, 0.15) is 29.0 Å². The largest absolute Gasteiger partial charge is 0.369 e. The molecule has 23 heavy (non-hydrogen) atoms. The molecular weight excluding hydrogens is 303 g/mol. The molecule has 6 heteroatoms. The average molecular weight is 315 g/mol. The minimum atomic E-state index is -0.650. The van der Waals surface area contributed by atoms with Crippen molar-refractivity contribution in [1.82, 2.24) is 9.78 Å². The van der Waals surface area contributed by atoms with Crippen LogP contribution in [-0.4, -0.2) is 16.3 Å². The van der Waals surface area contributed by atoms with Crippen LogP contribution >= 0.6 is 0 Å². The van der Waals surface area contributed by atoms with Crippen LogP contribution in [0, 0.1) is 17.5 Å². The highest BCUT2D eigenvalue weighted by Crippen LogP contribution is 2.35. The van der Waals surface area contributed by atoms with Gasteiger partial charge in [-0.05, 0) is 42.8 Å². The number of rotatable bonds is 2. The first-order valence-corrected chi connectivity index (χ1v) is 7.20. The molecule has 0 aliphatic carbocycles. The molecule has 0 amide bonds. The van der Waals surface area contributed by atoms with Gasteiger partial charge < -0.3 is 5.32 Å². The van der Waals surface area contributed by atoms with Gasteiger partial charge in [0, 0.05) is 23.7 Å². The summed E-state index contributed by atoms with van der Waals surface area (Å²) in [7, 11) is 0.